The Hall–Kier alpha value is -4.15. The van der Waals surface area contributed by atoms with E-state index in [0.29, 0.717) is 17.9 Å². The number of hydrogen-bond donors (Lipinski definition) is 2. The average Bonchev–Trinajstić information content (AvgIpc) is 3.32. The van der Waals surface area contributed by atoms with Crippen LogP contribution in [0.15, 0.2) is 62.6 Å². The number of nitrogens with one attached hydrogen (secondary N) is 2. The van der Waals surface area contributed by atoms with E-state index >= 15 is 0 Å². The smallest absolute Gasteiger partial charge is 0.471 e. The highest BCUT2D eigenvalue weighted by Gasteiger charge is 2.38. The summed E-state index contributed by atoms with van der Waals surface area (Å²) < 4.78 is 47.1. The summed E-state index contributed by atoms with van der Waals surface area (Å²) in [6.07, 6.45) is -4.71. The Bertz CT molecular complexity index is 1320. The second-order valence-corrected chi connectivity index (χ2v) is 7.08. The molecule has 33 heavy (non-hydrogen) atoms. The second-order valence-electron chi connectivity index (χ2n) is 7.08. The third-order valence-electron chi connectivity index (χ3n) is 4.89. The van der Waals surface area contributed by atoms with Crippen LogP contribution in [0.4, 0.5) is 24.5 Å². The van der Waals surface area contributed by atoms with Gasteiger partial charge in [-0.3, -0.25) is 9.59 Å². The molecule has 8 nitrogen and oxygen atoms in total. The van der Waals surface area contributed by atoms with E-state index in [0.717, 1.165) is 11.1 Å². The SMILES string of the molecule is COc1ccc(CNc2c(NCc3ccc(-c4noc(C(F)(F)F)n4)cc3)c(=O)c2=O)cc1. The Kier molecular flexibility index (Phi) is 5.86. The molecule has 0 unspecified atom stereocenters. The van der Waals surface area contributed by atoms with E-state index in [4.69, 9.17) is 4.74 Å². The first-order valence-electron chi connectivity index (χ1n) is 9.70. The molecule has 0 amide bonds. The van der Waals surface area contributed by atoms with Gasteiger partial charge in [-0.15, -0.1) is 0 Å². The molecule has 170 valence electrons. The number of alkyl halides is 3. The van der Waals surface area contributed by atoms with Gasteiger partial charge in [-0.25, -0.2) is 0 Å². The molecule has 0 radical (unpaired) electrons. The van der Waals surface area contributed by atoms with Gasteiger partial charge < -0.3 is 19.9 Å². The van der Waals surface area contributed by atoms with Crippen molar-refractivity contribution in [1.82, 2.24) is 10.1 Å². The van der Waals surface area contributed by atoms with Crippen LogP contribution in [-0.4, -0.2) is 17.3 Å². The van der Waals surface area contributed by atoms with Crippen molar-refractivity contribution in [3.05, 3.63) is 86.0 Å². The molecular formula is C22H17F3N4O4. The molecule has 0 fully saturated rings. The summed E-state index contributed by atoms with van der Waals surface area (Å²) in [6, 6.07) is 13.6. The summed E-state index contributed by atoms with van der Waals surface area (Å²) in [6.45, 7) is 0.575. The van der Waals surface area contributed by atoms with Crippen LogP contribution in [-0.2, 0) is 19.3 Å². The maximum Gasteiger partial charge on any atom is 0.471 e. The fourth-order valence-electron chi connectivity index (χ4n) is 3.08. The highest BCUT2D eigenvalue weighted by atomic mass is 19.4. The molecule has 0 atom stereocenters. The number of hydrogen-bond acceptors (Lipinski definition) is 8. The van der Waals surface area contributed by atoms with Gasteiger partial charge in [-0.2, -0.15) is 18.2 Å². The topological polar surface area (TPSA) is 106 Å². The minimum atomic E-state index is -4.71. The van der Waals surface area contributed by atoms with E-state index in [-0.39, 0.29) is 23.7 Å². The van der Waals surface area contributed by atoms with Crippen LogP contribution in [0.1, 0.15) is 17.0 Å². The van der Waals surface area contributed by atoms with Crippen LogP contribution < -0.4 is 26.2 Å². The molecule has 1 heterocycles. The van der Waals surface area contributed by atoms with E-state index in [9.17, 15) is 22.8 Å². The second kappa shape index (κ2) is 8.77. The third-order valence-corrected chi connectivity index (χ3v) is 4.89. The zero-order valence-electron chi connectivity index (χ0n) is 17.2. The molecule has 0 aliphatic carbocycles. The number of aromatic nitrogens is 2. The first-order chi connectivity index (χ1) is 15.8. The molecule has 3 aromatic carbocycles. The maximum absolute atomic E-state index is 12.6. The summed E-state index contributed by atoms with van der Waals surface area (Å²) in [5, 5.41) is 9.24. The molecular weight excluding hydrogens is 441 g/mol. The summed E-state index contributed by atoms with van der Waals surface area (Å²) in [5.41, 5.74) is 1.15. The van der Waals surface area contributed by atoms with Crippen molar-refractivity contribution >= 4 is 11.4 Å². The van der Waals surface area contributed by atoms with Crippen LogP contribution in [0.5, 0.6) is 5.75 Å². The van der Waals surface area contributed by atoms with E-state index in [1.165, 1.54) is 12.1 Å². The van der Waals surface area contributed by atoms with Crippen LogP contribution >= 0.6 is 0 Å². The first-order valence-corrected chi connectivity index (χ1v) is 9.70. The fourth-order valence-corrected chi connectivity index (χ4v) is 3.08. The minimum absolute atomic E-state index is 0.186. The summed E-state index contributed by atoms with van der Waals surface area (Å²) in [5.74, 6) is -0.895. The molecule has 4 rings (SSSR count). The minimum Gasteiger partial charge on any atom is -0.497 e. The van der Waals surface area contributed by atoms with Crippen molar-refractivity contribution < 1.29 is 22.4 Å². The van der Waals surface area contributed by atoms with Crippen molar-refractivity contribution in [1.29, 1.82) is 0 Å². The van der Waals surface area contributed by atoms with Gasteiger partial charge in [-0.1, -0.05) is 41.6 Å². The number of methoxy groups -OCH3 is 1. The first kappa shape index (κ1) is 22.1. The quantitative estimate of drug-likeness (QED) is 0.386. The molecule has 0 bridgehead atoms. The lowest BCUT2D eigenvalue weighted by Gasteiger charge is -2.15. The molecule has 4 aromatic rings. The van der Waals surface area contributed by atoms with Gasteiger partial charge in [0.25, 0.3) is 10.9 Å². The van der Waals surface area contributed by atoms with Gasteiger partial charge in [0.2, 0.25) is 5.82 Å². The van der Waals surface area contributed by atoms with Gasteiger partial charge in [0.05, 0.1) is 7.11 Å². The lowest BCUT2D eigenvalue weighted by Crippen LogP contribution is -2.37. The number of anilines is 2. The molecule has 0 saturated heterocycles. The molecule has 1 aromatic heterocycles. The Balaban J connectivity index is 1.38. The molecule has 0 aliphatic rings. The number of ether oxygens (including phenoxy) is 1. The van der Waals surface area contributed by atoms with Gasteiger partial charge in [0.1, 0.15) is 17.1 Å². The van der Waals surface area contributed by atoms with Crippen LogP contribution in [0.3, 0.4) is 0 Å². The molecule has 0 spiro atoms. The number of rotatable bonds is 8. The number of nitrogens with zero attached hydrogens (tertiary/aromatic N) is 2. The number of benzene rings is 2. The van der Waals surface area contributed by atoms with Crippen LogP contribution in [0.25, 0.3) is 11.4 Å². The number of halogens is 3. The normalized spacial score (nSPS) is 11.5. The van der Waals surface area contributed by atoms with Crippen molar-refractivity contribution in [2.75, 3.05) is 17.7 Å². The predicted octanol–water partition coefficient (Wildman–Crippen LogP) is 3.58. The van der Waals surface area contributed by atoms with E-state index in [2.05, 4.69) is 25.3 Å². The Morgan fingerprint density at radius 2 is 1.39 bits per heavy atom. The lowest BCUT2D eigenvalue weighted by atomic mass is 10.1. The average molecular weight is 458 g/mol. The van der Waals surface area contributed by atoms with Gasteiger partial charge in [0, 0.05) is 18.7 Å². The predicted molar refractivity (Wildman–Crippen MR) is 114 cm³/mol. The summed E-state index contributed by atoms with van der Waals surface area (Å²) in [7, 11) is 1.57. The highest BCUT2D eigenvalue weighted by molar-refractivity contribution is 5.74. The monoisotopic (exact) mass is 458 g/mol. The van der Waals surface area contributed by atoms with Gasteiger partial charge in [0.15, 0.2) is 0 Å². The molecule has 2 N–H and O–H groups in total. The Morgan fingerprint density at radius 3 is 1.85 bits per heavy atom. The molecule has 0 aliphatic heterocycles. The fraction of sp³-hybridized carbons (Fsp3) is 0.182. The third kappa shape index (κ3) is 4.71. The zero-order valence-corrected chi connectivity index (χ0v) is 17.2. The highest BCUT2D eigenvalue weighted by Crippen LogP contribution is 2.29. The van der Waals surface area contributed by atoms with E-state index in [1.54, 1.807) is 31.4 Å². The van der Waals surface area contributed by atoms with Gasteiger partial charge >= 0.3 is 12.1 Å². The largest absolute Gasteiger partial charge is 0.497 e. The van der Waals surface area contributed by atoms with Crippen molar-refractivity contribution in [2.24, 2.45) is 0 Å². The lowest BCUT2D eigenvalue weighted by molar-refractivity contribution is -0.159. The van der Waals surface area contributed by atoms with Crippen molar-refractivity contribution in [2.45, 2.75) is 19.3 Å². The standard InChI is InChI=1S/C22H17F3N4O4/c1-32-15-8-4-13(5-9-15)11-27-17-16(18(30)19(17)31)26-10-12-2-6-14(7-3-12)20-28-21(33-29-20)22(23,24)25/h2-9,26-27H,10-11H2,1H3. The van der Waals surface area contributed by atoms with Gasteiger partial charge in [-0.05, 0) is 23.3 Å². The van der Waals surface area contributed by atoms with Crippen LogP contribution in [0, 0.1) is 0 Å². The summed E-state index contributed by atoms with van der Waals surface area (Å²) in [4.78, 5) is 27.2. The zero-order chi connectivity index (χ0) is 23.6. The van der Waals surface area contributed by atoms with Crippen molar-refractivity contribution in [3.63, 3.8) is 0 Å². The Morgan fingerprint density at radius 1 is 0.879 bits per heavy atom. The molecule has 0 saturated carbocycles. The van der Waals surface area contributed by atoms with Crippen molar-refractivity contribution in [3.8, 4) is 17.1 Å². The van der Waals surface area contributed by atoms with E-state index in [1.807, 2.05) is 12.1 Å². The van der Waals surface area contributed by atoms with E-state index < -0.39 is 22.9 Å². The maximum atomic E-state index is 12.6. The molecule has 11 heteroatoms. The Labute approximate surface area is 184 Å². The summed E-state index contributed by atoms with van der Waals surface area (Å²) >= 11 is 0. The van der Waals surface area contributed by atoms with Crippen LogP contribution in [0.2, 0.25) is 0 Å².